The van der Waals surface area contributed by atoms with E-state index < -0.39 is 0 Å². The lowest BCUT2D eigenvalue weighted by Crippen LogP contribution is -2.21. The molecule has 5 heteroatoms. The summed E-state index contributed by atoms with van der Waals surface area (Å²) in [7, 11) is 3.52. The zero-order chi connectivity index (χ0) is 11.3. The van der Waals surface area contributed by atoms with E-state index in [4.69, 9.17) is 4.74 Å². The zero-order valence-electron chi connectivity index (χ0n) is 9.66. The maximum atomic E-state index is 5.04. The Morgan fingerprint density at radius 2 is 2.07 bits per heavy atom. The number of rotatable bonds is 5. The largest absolute Gasteiger partial charge is 0.383 e. The lowest BCUT2D eigenvalue weighted by Gasteiger charge is -2.14. The van der Waals surface area contributed by atoms with Crippen molar-refractivity contribution >= 4 is 11.6 Å². The molecular weight excluding hydrogens is 192 g/mol. The summed E-state index contributed by atoms with van der Waals surface area (Å²) in [5.41, 5.74) is 0. The lowest BCUT2D eigenvalue weighted by molar-refractivity contribution is 0.190. The predicted molar refractivity (Wildman–Crippen MR) is 61.3 cm³/mol. The minimum Gasteiger partial charge on any atom is -0.383 e. The molecule has 0 amide bonds. The quantitative estimate of drug-likeness (QED) is 0.766. The van der Waals surface area contributed by atoms with Crippen molar-refractivity contribution in [3.8, 4) is 0 Å². The van der Waals surface area contributed by atoms with E-state index in [1.165, 1.54) is 0 Å². The Hall–Kier alpha value is -1.36. The highest BCUT2D eigenvalue weighted by Crippen LogP contribution is 2.11. The van der Waals surface area contributed by atoms with E-state index in [0.29, 0.717) is 6.61 Å². The molecule has 5 nitrogen and oxygen atoms in total. The van der Waals surface area contributed by atoms with Crippen LogP contribution in [-0.2, 0) is 4.74 Å². The van der Waals surface area contributed by atoms with Crippen LogP contribution in [0.15, 0.2) is 6.07 Å². The summed E-state index contributed by atoms with van der Waals surface area (Å²) in [6.45, 7) is 4.56. The van der Waals surface area contributed by atoms with Gasteiger partial charge in [0.2, 0.25) is 0 Å². The second kappa shape index (κ2) is 5.50. The number of aryl methyl sites for hydroxylation is 1. The Morgan fingerprint density at radius 3 is 2.67 bits per heavy atom. The van der Waals surface area contributed by atoms with Crippen molar-refractivity contribution in [3.05, 3.63) is 11.9 Å². The van der Waals surface area contributed by atoms with Crippen molar-refractivity contribution < 1.29 is 4.74 Å². The molecule has 0 radical (unpaired) electrons. The molecule has 0 bridgehead atoms. The summed E-state index contributed by atoms with van der Waals surface area (Å²) in [4.78, 5) is 8.50. The number of aromatic nitrogens is 2. The second-order valence-corrected chi connectivity index (χ2v) is 3.44. The first-order valence-corrected chi connectivity index (χ1v) is 4.94. The smallest absolute Gasteiger partial charge is 0.132 e. The molecule has 0 saturated carbocycles. The predicted octanol–water partition coefficient (Wildman–Crippen LogP) is 1.27. The third-order valence-corrected chi connectivity index (χ3v) is 1.91. The molecule has 0 aliphatic carbocycles. The Bertz CT molecular complexity index is 316. The molecule has 1 aromatic rings. The first-order chi connectivity index (χ1) is 7.15. The summed E-state index contributed by atoms with van der Waals surface area (Å²) in [6.07, 6.45) is 0. The van der Waals surface area contributed by atoms with Gasteiger partial charge in [-0.15, -0.1) is 0 Å². The van der Waals surface area contributed by atoms with Crippen LogP contribution < -0.4 is 10.6 Å². The summed E-state index contributed by atoms with van der Waals surface area (Å²) in [6, 6.07) is 2.10. The average Bonchev–Trinajstić information content (AvgIpc) is 2.17. The van der Waals surface area contributed by atoms with Crippen LogP contribution in [0.25, 0.3) is 0 Å². The van der Waals surface area contributed by atoms with Gasteiger partial charge in [-0.05, 0) is 13.8 Å². The molecule has 15 heavy (non-hydrogen) atoms. The highest BCUT2D eigenvalue weighted by Gasteiger charge is 2.04. The fraction of sp³-hybridized carbons (Fsp3) is 0.600. The Balaban J connectivity index is 2.71. The number of hydrogen-bond acceptors (Lipinski definition) is 5. The molecule has 0 aromatic carbocycles. The molecule has 1 heterocycles. The van der Waals surface area contributed by atoms with Gasteiger partial charge in [0.05, 0.1) is 6.61 Å². The highest BCUT2D eigenvalue weighted by molar-refractivity contribution is 5.47. The van der Waals surface area contributed by atoms with Gasteiger partial charge < -0.3 is 15.4 Å². The molecular formula is C10H18N4O. The number of hydrogen-bond donors (Lipinski definition) is 2. The van der Waals surface area contributed by atoms with E-state index in [9.17, 15) is 0 Å². The Kier molecular flexibility index (Phi) is 4.30. The van der Waals surface area contributed by atoms with Crippen LogP contribution in [0.1, 0.15) is 12.7 Å². The van der Waals surface area contributed by atoms with Gasteiger partial charge in [0.25, 0.3) is 0 Å². The van der Waals surface area contributed by atoms with Crippen molar-refractivity contribution in [3.63, 3.8) is 0 Å². The van der Waals surface area contributed by atoms with Crippen LogP contribution in [-0.4, -0.2) is 36.8 Å². The molecule has 0 saturated heterocycles. The van der Waals surface area contributed by atoms with Crippen LogP contribution in [0.5, 0.6) is 0 Å². The summed E-state index contributed by atoms with van der Waals surface area (Å²) in [5.74, 6) is 2.37. The number of nitrogens with one attached hydrogen (secondary N) is 2. The van der Waals surface area contributed by atoms with E-state index in [2.05, 4.69) is 20.6 Å². The van der Waals surface area contributed by atoms with Crippen LogP contribution in [0.4, 0.5) is 11.6 Å². The molecule has 0 spiro atoms. The van der Waals surface area contributed by atoms with Crippen molar-refractivity contribution in [2.24, 2.45) is 0 Å². The van der Waals surface area contributed by atoms with Crippen LogP contribution in [0, 0.1) is 6.92 Å². The third-order valence-electron chi connectivity index (χ3n) is 1.91. The second-order valence-electron chi connectivity index (χ2n) is 3.44. The van der Waals surface area contributed by atoms with Gasteiger partial charge >= 0.3 is 0 Å². The minimum atomic E-state index is 0.231. The third kappa shape index (κ3) is 3.71. The SMILES string of the molecule is CNc1cc(N[C@H](C)COC)nc(C)n1. The molecule has 1 rings (SSSR count). The first kappa shape index (κ1) is 11.7. The molecule has 0 unspecified atom stereocenters. The molecule has 1 atom stereocenters. The minimum absolute atomic E-state index is 0.231. The van der Waals surface area contributed by atoms with Crippen LogP contribution in [0.3, 0.4) is 0 Å². The van der Waals surface area contributed by atoms with E-state index in [0.717, 1.165) is 17.5 Å². The van der Waals surface area contributed by atoms with Crippen molar-refractivity contribution in [1.82, 2.24) is 9.97 Å². The van der Waals surface area contributed by atoms with Gasteiger partial charge in [-0.3, -0.25) is 0 Å². The van der Waals surface area contributed by atoms with Crippen molar-refractivity contribution in [1.29, 1.82) is 0 Å². The van der Waals surface area contributed by atoms with Crippen molar-refractivity contribution in [2.45, 2.75) is 19.9 Å². The molecule has 2 N–H and O–H groups in total. The maximum absolute atomic E-state index is 5.04. The van der Waals surface area contributed by atoms with Gasteiger partial charge in [0.1, 0.15) is 17.5 Å². The number of anilines is 2. The number of nitrogens with zero attached hydrogens (tertiary/aromatic N) is 2. The zero-order valence-corrected chi connectivity index (χ0v) is 9.66. The number of ether oxygens (including phenoxy) is 1. The monoisotopic (exact) mass is 210 g/mol. The van der Waals surface area contributed by atoms with Gasteiger partial charge in [-0.25, -0.2) is 9.97 Å². The van der Waals surface area contributed by atoms with E-state index >= 15 is 0 Å². The fourth-order valence-electron chi connectivity index (χ4n) is 1.31. The van der Waals surface area contributed by atoms with E-state index in [-0.39, 0.29) is 6.04 Å². The topological polar surface area (TPSA) is 59.1 Å². The molecule has 0 aliphatic rings. The highest BCUT2D eigenvalue weighted by atomic mass is 16.5. The Labute approximate surface area is 90.3 Å². The van der Waals surface area contributed by atoms with Crippen LogP contribution >= 0.6 is 0 Å². The molecule has 0 aliphatic heterocycles. The molecule has 1 aromatic heterocycles. The first-order valence-electron chi connectivity index (χ1n) is 4.94. The van der Waals surface area contributed by atoms with Crippen LogP contribution in [0.2, 0.25) is 0 Å². The molecule has 84 valence electrons. The summed E-state index contributed by atoms with van der Waals surface area (Å²) < 4.78 is 5.04. The standard InChI is InChI=1S/C10H18N4O/c1-7(6-15-4)12-10-5-9(11-3)13-8(2)14-10/h5,7H,6H2,1-4H3,(H2,11,12,13,14)/t7-/m1/s1. The van der Waals surface area contributed by atoms with E-state index in [1.54, 1.807) is 7.11 Å². The summed E-state index contributed by atoms with van der Waals surface area (Å²) >= 11 is 0. The van der Waals surface area contributed by atoms with Gasteiger partial charge in [-0.2, -0.15) is 0 Å². The van der Waals surface area contributed by atoms with Gasteiger partial charge in [-0.1, -0.05) is 0 Å². The number of methoxy groups -OCH3 is 1. The molecule has 0 fully saturated rings. The average molecular weight is 210 g/mol. The van der Waals surface area contributed by atoms with Gasteiger partial charge in [0, 0.05) is 26.3 Å². The van der Waals surface area contributed by atoms with E-state index in [1.807, 2.05) is 27.0 Å². The fourth-order valence-corrected chi connectivity index (χ4v) is 1.31. The summed E-state index contributed by atoms with van der Waals surface area (Å²) in [5, 5.41) is 6.23. The maximum Gasteiger partial charge on any atom is 0.132 e. The Morgan fingerprint density at radius 1 is 1.40 bits per heavy atom. The normalized spacial score (nSPS) is 12.3. The van der Waals surface area contributed by atoms with Crippen molar-refractivity contribution in [2.75, 3.05) is 31.4 Å². The lowest BCUT2D eigenvalue weighted by atomic mass is 10.3. The van der Waals surface area contributed by atoms with Gasteiger partial charge in [0.15, 0.2) is 0 Å².